The molecule has 3 heterocycles. The molecule has 2 aromatic heterocycles. The predicted molar refractivity (Wildman–Crippen MR) is 65.8 cm³/mol. The van der Waals surface area contributed by atoms with Crippen molar-refractivity contribution in [3.8, 4) is 11.6 Å². The second-order valence-corrected chi connectivity index (χ2v) is 4.79. The Morgan fingerprint density at radius 3 is 3.22 bits per heavy atom. The Morgan fingerprint density at radius 1 is 1.56 bits per heavy atom. The Bertz CT molecular complexity index is 512. The smallest absolute Gasteiger partial charge is 0.238 e. The van der Waals surface area contributed by atoms with Crippen molar-refractivity contribution in [3.05, 3.63) is 18.3 Å². The minimum Gasteiger partial charge on any atom is -0.339 e. The third kappa shape index (κ3) is 2.28. The third-order valence-corrected chi connectivity index (χ3v) is 3.35. The molecule has 6 nitrogen and oxygen atoms in total. The molecule has 1 saturated heterocycles. The Labute approximate surface area is 105 Å². The Balaban J connectivity index is 1.71. The average Bonchev–Trinajstić information content (AvgIpc) is 2.99. The maximum atomic E-state index is 5.30. The fourth-order valence-corrected chi connectivity index (χ4v) is 2.35. The zero-order valence-corrected chi connectivity index (χ0v) is 10.5. The molecule has 18 heavy (non-hydrogen) atoms. The van der Waals surface area contributed by atoms with Crippen LogP contribution in [0.15, 0.2) is 16.9 Å². The van der Waals surface area contributed by atoms with E-state index in [1.54, 1.807) is 6.20 Å². The number of aromatic nitrogens is 4. The first-order valence-electron chi connectivity index (χ1n) is 6.34. The van der Waals surface area contributed by atoms with Crippen LogP contribution < -0.4 is 5.32 Å². The summed E-state index contributed by atoms with van der Waals surface area (Å²) in [6.07, 6.45) is 6.91. The van der Waals surface area contributed by atoms with E-state index < -0.39 is 0 Å². The van der Waals surface area contributed by atoms with Crippen molar-refractivity contribution in [2.75, 3.05) is 13.1 Å². The molecule has 96 valence electrons. The molecule has 3 rings (SSSR count). The highest BCUT2D eigenvalue weighted by Gasteiger charge is 2.18. The number of hydrogen-bond acceptors (Lipinski definition) is 5. The summed E-state index contributed by atoms with van der Waals surface area (Å²) in [6.45, 7) is 2.17. The van der Waals surface area contributed by atoms with Crippen LogP contribution in [-0.2, 0) is 13.5 Å². The zero-order chi connectivity index (χ0) is 12.4. The Kier molecular flexibility index (Phi) is 3.10. The summed E-state index contributed by atoms with van der Waals surface area (Å²) < 4.78 is 7.19. The normalized spacial score (nSPS) is 20.2. The maximum Gasteiger partial charge on any atom is 0.238 e. The van der Waals surface area contributed by atoms with E-state index in [2.05, 4.69) is 20.4 Å². The predicted octanol–water partition coefficient (Wildman–Crippen LogP) is 1.01. The molecule has 0 spiro atoms. The van der Waals surface area contributed by atoms with Crippen molar-refractivity contribution < 1.29 is 4.52 Å². The first kappa shape index (κ1) is 11.4. The molecule has 1 aliphatic heterocycles. The van der Waals surface area contributed by atoms with Crippen molar-refractivity contribution in [2.45, 2.75) is 19.3 Å². The second kappa shape index (κ2) is 4.89. The van der Waals surface area contributed by atoms with Crippen LogP contribution >= 0.6 is 0 Å². The van der Waals surface area contributed by atoms with E-state index in [4.69, 9.17) is 4.52 Å². The molecular formula is C12H17N5O. The lowest BCUT2D eigenvalue weighted by Crippen LogP contribution is -2.30. The quantitative estimate of drug-likeness (QED) is 0.876. The highest BCUT2D eigenvalue weighted by molar-refractivity contribution is 5.42. The van der Waals surface area contributed by atoms with Crippen LogP contribution in [0.25, 0.3) is 11.6 Å². The van der Waals surface area contributed by atoms with E-state index in [9.17, 15) is 0 Å². The van der Waals surface area contributed by atoms with E-state index in [-0.39, 0.29) is 0 Å². The molecule has 0 amide bonds. The fraction of sp³-hybridized carbons (Fsp3) is 0.583. The van der Waals surface area contributed by atoms with Gasteiger partial charge in [0.15, 0.2) is 5.82 Å². The Hall–Kier alpha value is -1.69. The van der Waals surface area contributed by atoms with Crippen LogP contribution in [0.2, 0.25) is 0 Å². The number of hydrogen-bond donors (Lipinski definition) is 1. The van der Waals surface area contributed by atoms with E-state index in [0.717, 1.165) is 25.3 Å². The van der Waals surface area contributed by atoms with Crippen molar-refractivity contribution in [2.24, 2.45) is 13.0 Å². The maximum absolute atomic E-state index is 5.30. The lowest BCUT2D eigenvalue weighted by molar-refractivity contribution is 0.316. The van der Waals surface area contributed by atoms with Gasteiger partial charge in [-0.25, -0.2) is 4.98 Å². The van der Waals surface area contributed by atoms with Gasteiger partial charge in [-0.3, -0.25) is 0 Å². The van der Waals surface area contributed by atoms with Gasteiger partial charge in [-0.2, -0.15) is 4.98 Å². The molecule has 0 aromatic carbocycles. The van der Waals surface area contributed by atoms with Gasteiger partial charge >= 0.3 is 0 Å². The van der Waals surface area contributed by atoms with E-state index >= 15 is 0 Å². The lowest BCUT2D eigenvalue weighted by Gasteiger charge is -2.20. The minimum absolute atomic E-state index is 0.571. The molecular weight excluding hydrogens is 230 g/mol. The second-order valence-electron chi connectivity index (χ2n) is 4.79. The molecule has 6 heteroatoms. The monoisotopic (exact) mass is 247 g/mol. The van der Waals surface area contributed by atoms with Gasteiger partial charge in [-0.1, -0.05) is 5.16 Å². The Morgan fingerprint density at radius 2 is 2.50 bits per heavy atom. The highest BCUT2D eigenvalue weighted by Crippen LogP contribution is 2.18. The zero-order valence-electron chi connectivity index (χ0n) is 10.5. The largest absolute Gasteiger partial charge is 0.339 e. The van der Waals surface area contributed by atoms with Crippen LogP contribution in [0.4, 0.5) is 0 Å². The van der Waals surface area contributed by atoms with Crippen LogP contribution in [0.5, 0.6) is 0 Å². The lowest BCUT2D eigenvalue weighted by atomic mass is 9.96. The highest BCUT2D eigenvalue weighted by atomic mass is 16.5. The van der Waals surface area contributed by atoms with Gasteiger partial charge in [-0.15, -0.1) is 0 Å². The number of aryl methyl sites for hydroxylation is 1. The van der Waals surface area contributed by atoms with Crippen LogP contribution in [0, 0.1) is 5.92 Å². The number of nitrogens with one attached hydrogen (secondary N) is 1. The molecule has 1 aliphatic rings. The summed E-state index contributed by atoms with van der Waals surface area (Å²) >= 11 is 0. The van der Waals surface area contributed by atoms with Crippen molar-refractivity contribution in [1.82, 2.24) is 25.0 Å². The van der Waals surface area contributed by atoms with Crippen molar-refractivity contribution in [1.29, 1.82) is 0 Å². The summed E-state index contributed by atoms with van der Waals surface area (Å²) in [7, 11) is 1.92. The number of nitrogens with zero attached hydrogens (tertiary/aromatic N) is 4. The summed E-state index contributed by atoms with van der Waals surface area (Å²) in [4.78, 5) is 8.63. The van der Waals surface area contributed by atoms with E-state index in [0.29, 0.717) is 17.6 Å². The molecule has 0 saturated carbocycles. The standard InChI is InChI=1S/C12H17N5O/c1-17-6-5-14-12(17)11-15-10(18-16-11)7-9-3-2-4-13-8-9/h5-6,9,13H,2-4,7-8H2,1H3. The van der Waals surface area contributed by atoms with Gasteiger partial charge < -0.3 is 14.4 Å². The van der Waals surface area contributed by atoms with Gasteiger partial charge in [0.25, 0.3) is 0 Å². The van der Waals surface area contributed by atoms with Crippen LogP contribution in [0.1, 0.15) is 18.7 Å². The van der Waals surface area contributed by atoms with Crippen molar-refractivity contribution >= 4 is 0 Å². The van der Waals surface area contributed by atoms with E-state index in [1.807, 2.05) is 17.8 Å². The summed E-state index contributed by atoms with van der Waals surface area (Å²) in [5.41, 5.74) is 0. The van der Waals surface area contributed by atoms with Gasteiger partial charge in [0.2, 0.25) is 11.7 Å². The topological polar surface area (TPSA) is 68.8 Å². The molecule has 1 unspecified atom stereocenters. The van der Waals surface area contributed by atoms with Crippen molar-refractivity contribution in [3.63, 3.8) is 0 Å². The molecule has 2 aromatic rings. The number of rotatable bonds is 3. The minimum atomic E-state index is 0.571. The van der Waals surface area contributed by atoms with Gasteiger partial charge in [0.05, 0.1) is 0 Å². The van der Waals surface area contributed by atoms with E-state index in [1.165, 1.54) is 12.8 Å². The summed E-state index contributed by atoms with van der Waals surface area (Å²) in [6, 6.07) is 0. The number of piperidine rings is 1. The number of imidazole rings is 1. The first-order chi connectivity index (χ1) is 8.83. The first-order valence-corrected chi connectivity index (χ1v) is 6.34. The fourth-order valence-electron chi connectivity index (χ4n) is 2.35. The molecule has 1 N–H and O–H groups in total. The van der Waals surface area contributed by atoms with Gasteiger partial charge in [0, 0.05) is 25.9 Å². The van der Waals surface area contributed by atoms with Gasteiger partial charge in [-0.05, 0) is 31.8 Å². The third-order valence-electron chi connectivity index (χ3n) is 3.35. The summed E-state index contributed by atoms with van der Waals surface area (Å²) in [5, 5.41) is 7.39. The molecule has 1 fully saturated rings. The SMILES string of the molecule is Cn1ccnc1-c1noc(CC2CCCNC2)n1. The molecule has 0 aliphatic carbocycles. The molecule has 0 bridgehead atoms. The van der Waals surface area contributed by atoms with Gasteiger partial charge in [0.1, 0.15) is 0 Å². The average molecular weight is 247 g/mol. The molecule has 0 radical (unpaired) electrons. The summed E-state index contributed by atoms with van der Waals surface area (Å²) in [5.74, 6) is 2.63. The van der Waals surface area contributed by atoms with Crippen LogP contribution in [0.3, 0.4) is 0 Å². The molecule has 1 atom stereocenters. The van der Waals surface area contributed by atoms with Crippen LogP contribution in [-0.4, -0.2) is 32.8 Å².